The van der Waals surface area contributed by atoms with Gasteiger partial charge >= 0.3 is 6.09 Å². The van der Waals surface area contributed by atoms with Crippen molar-refractivity contribution in [2.75, 3.05) is 13.2 Å². The lowest BCUT2D eigenvalue weighted by atomic mass is 10.1. The number of hydrogen-bond acceptors (Lipinski definition) is 4. The molecule has 5 nitrogen and oxygen atoms in total. The Morgan fingerprint density at radius 3 is 2.76 bits per heavy atom. The molecule has 0 saturated carbocycles. The Bertz CT molecular complexity index is 243. The number of ether oxygens (including phenoxy) is 2. The van der Waals surface area contributed by atoms with Crippen LogP contribution in [0.2, 0.25) is 0 Å². The molecule has 100 valence electrons. The predicted molar refractivity (Wildman–Crippen MR) is 63.8 cm³/mol. The number of aliphatic hydroxyl groups is 1. The number of alkyl carbamates (subject to hydrolysis) is 1. The molecular weight excluding hydrogens is 222 g/mol. The van der Waals surface area contributed by atoms with Crippen molar-refractivity contribution in [2.45, 2.75) is 57.8 Å². The third-order valence-corrected chi connectivity index (χ3v) is 2.51. The van der Waals surface area contributed by atoms with Crippen molar-refractivity contribution < 1.29 is 19.4 Å². The van der Waals surface area contributed by atoms with Gasteiger partial charge in [-0.25, -0.2) is 4.79 Å². The lowest BCUT2D eigenvalue weighted by molar-refractivity contribution is 0.0426. The highest BCUT2D eigenvalue weighted by atomic mass is 16.6. The van der Waals surface area contributed by atoms with Crippen molar-refractivity contribution in [1.82, 2.24) is 5.32 Å². The minimum absolute atomic E-state index is 0.0981. The lowest BCUT2D eigenvalue weighted by Gasteiger charge is -2.24. The number of carbonyl (C=O) groups is 1. The van der Waals surface area contributed by atoms with E-state index in [0.717, 1.165) is 19.4 Å². The highest BCUT2D eigenvalue weighted by molar-refractivity contribution is 5.68. The Labute approximate surface area is 102 Å². The lowest BCUT2D eigenvalue weighted by Crippen LogP contribution is -2.42. The number of nitrogens with one attached hydrogen (secondary N) is 1. The Hall–Kier alpha value is -0.810. The van der Waals surface area contributed by atoms with E-state index in [1.165, 1.54) is 0 Å². The topological polar surface area (TPSA) is 67.8 Å². The summed E-state index contributed by atoms with van der Waals surface area (Å²) in [5.74, 6) is 0. The van der Waals surface area contributed by atoms with Crippen LogP contribution < -0.4 is 5.32 Å². The largest absolute Gasteiger partial charge is 0.444 e. The first kappa shape index (κ1) is 14.3. The molecule has 0 bridgehead atoms. The zero-order valence-corrected chi connectivity index (χ0v) is 10.9. The zero-order valence-electron chi connectivity index (χ0n) is 10.9. The van der Waals surface area contributed by atoms with E-state index in [1.54, 1.807) is 20.8 Å². The standard InChI is InChI=1S/C12H23NO4/c1-12(2,3)17-11(15)13-9(8-14)7-10-5-4-6-16-10/h9-10,14H,4-8H2,1-3H3,(H,13,15)/t9-,10?/m0/s1. The van der Waals surface area contributed by atoms with E-state index >= 15 is 0 Å². The SMILES string of the molecule is CC(C)(C)OC(=O)N[C@H](CO)CC1CCCO1. The van der Waals surface area contributed by atoms with Crippen molar-refractivity contribution in [1.29, 1.82) is 0 Å². The monoisotopic (exact) mass is 245 g/mol. The van der Waals surface area contributed by atoms with Gasteiger partial charge in [-0.15, -0.1) is 0 Å². The van der Waals surface area contributed by atoms with Crippen LogP contribution in [-0.2, 0) is 9.47 Å². The van der Waals surface area contributed by atoms with Crippen LogP contribution in [0, 0.1) is 0 Å². The Morgan fingerprint density at radius 2 is 2.29 bits per heavy atom. The van der Waals surface area contributed by atoms with E-state index in [2.05, 4.69) is 5.32 Å². The van der Waals surface area contributed by atoms with Crippen molar-refractivity contribution >= 4 is 6.09 Å². The molecule has 1 unspecified atom stereocenters. The summed E-state index contributed by atoms with van der Waals surface area (Å²) in [5.41, 5.74) is -0.520. The molecule has 5 heteroatoms. The maximum Gasteiger partial charge on any atom is 0.407 e. The van der Waals surface area contributed by atoms with Crippen LogP contribution in [-0.4, -0.2) is 42.2 Å². The van der Waals surface area contributed by atoms with Crippen molar-refractivity contribution in [2.24, 2.45) is 0 Å². The minimum atomic E-state index is -0.520. The van der Waals surface area contributed by atoms with E-state index < -0.39 is 11.7 Å². The third kappa shape index (κ3) is 5.89. The van der Waals surface area contributed by atoms with Gasteiger partial charge in [0.1, 0.15) is 5.60 Å². The average molecular weight is 245 g/mol. The smallest absolute Gasteiger partial charge is 0.407 e. The maximum absolute atomic E-state index is 11.5. The highest BCUT2D eigenvalue weighted by Gasteiger charge is 2.23. The molecule has 1 fully saturated rings. The Morgan fingerprint density at radius 1 is 1.59 bits per heavy atom. The summed E-state index contributed by atoms with van der Waals surface area (Å²) < 4.78 is 10.6. The molecule has 1 heterocycles. The first-order chi connectivity index (χ1) is 7.90. The molecule has 0 spiro atoms. The van der Waals surface area contributed by atoms with Crippen molar-refractivity contribution in [3.05, 3.63) is 0 Å². The molecule has 17 heavy (non-hydrogen) atoms. The van der Waals surface area contributed by atoms with Crippen LogP contribution in [0.25, 0.3) is 0 Å². The molecule has 1 rings (SSSR count). The summed E-state index contributed by atoms with van der Waals surface area (Å²) in [5, 5.41) is 11.9. The van der Waals surface area contributed by atoms with Gasteiger partial charge in [-0.3, -0.25) is 0 Å². The highest BCUT2D eigenvalue weighted by Crippen LogP contribution is 2.17. The van der Waals surface area contributed by atoms with E-state index in [9.17, 15) is 9.90 Å². The van der Waals surface area contributed by atoms with Gasteiger partial charge in [-0.2, -0.15) is 0 Å². The van der Waals surface area contributed by atoms with Crippen LogP contribution >= 0.6 is 0 Å². The zero-order chi connectivity index (χ0) is 12.9. The molecule has 1 aliphatic heterocycles. The molecular formula is C12H23NO4. The van der Waals surface area contributed by atoms with Crippen molar-refractivity contribution in [3.8, 4) is 0 Å². The van der Waals surface area contributed by atoms with Gasteiger partial charge in [0.15, 0.2) is 0 Å². The average Bonchev–Trinajstić information content (AvgIpc) is 2.66. The van der Waals surface area contributed by atoms with E-state index in [0.29, 0.717) is 6.42 Å². The van der Waals surface area contributed by atoms with Gasteiger partial charge in [0.25, 0.3) is 0 Å². The minimum Gasteiger partial charge on any atom is -0.444 e. The summed E-state index contributed by atoms with van der Waals surface area (Å²) in [6, 6.07) is -0.298. The first-order valence-electron chi connectivity index (χ1n) is 6.12. The summed E-state index contributed by atoms with van der Waals surface area (Å²) >= 11 is 0. The summed E-state index contributed by atoms with van der Waals surface area (Å²) in [4.78, 5) is 11.5. The fourth-order valence-electron chi connectivity index (χ4n) is 1.80. The molecule has 0 aromatic heterocycles. The van der Waals surface area contributed by atoms with E-state index in [-0.39, 0.29) is 18.8 Å². The second-order valence-electron chi connectivity index (χ2n) is 5.40. The van der Waals surface area contributed by atoms with Gasteiger partial charge in [0.2, 0.25) is 0 Å². The van der Waals surface area contributed by atoms with Crippen LogP contribution in [0.15, 0.2) is 0 Å². The second kappa shape index (κ2) is 6.21. The molecule has 1 aliphatic rings. The quantitative estimate of drug-likeness (QED) is 0.786. The van der Waals surface area contributed by atoms with Gasteiger partial charge < -0.3 is 19.9 Å². The molecule has 0 aromatic carbocycles. The molecule has 0 aromatic rings. The molecule has 1 amide bonds. The van der Waals surface area contributed by atoms with Gasteiger partial charge in [-0.1, -0.05) is 0 Å². The number of aliphatic hydroxyl groups excluding tert-OH is 1. The molecule has 0 radical (unpaired) electrons. The van der Waals surface area contributed by atoms with E-state index in [1.807, 2.05) is 0 Å². The summed E-state index contributed by atoms with van der Waals surface area (Å²) in [6.07, 6.45) is 2.33. The van der Waals surface area contributed by atoms with Crippen LogP contribution in [0.5, 0.6) is 0 Å². The fourth-order valence-corrected chi connectivity index (χ4v) is 1.80. The molecule has 0 aliphatic carbocycles. The van der Waals surface area contributed by atoms with Gasteiger partial charge in [0.05, 0.1) is 18.8 Å². The number of carbonyl (C=O) groups excluding carboxylic acids is 1. The molecule has 2 N–H and O–H groups in total. The van der Waals surface area contributed by atoms with Crippen LogP contribution in [0.4, 0.5) is 4.79 Å². The van der Waals surface area contributed by atoms with Gasteiger partial charge in [0, 0.05) is 6.61 Å². The number of amides is 1. The third-order valence-electron chi connectivity index (χ3n) is 2.51. The maximum atomic E-state index is 11.5. The Balaban J connectivity index is 2.32. The van der Waals surface area contributed by atoms with Crippen LogP contribution in [0.1, 0.15) is 40.0 Å². The normalized spacial score (nSPS) is 22.2. The summed E-state index contributed by atoms with van der Waals surface area (Å²) in [7, 11) is 0. The number of hydrogen-bond donors (Lipinski definition) is 2. The van der Waals surface area contributed by atoms with Crippen LogP contribution in [0.3, 0.4) is 0 Å². The fraction of sp³-hybridized carbons (Fsp3) is 0.917. The van der Waals surface area contributed by atoms with Crippen molar-refractivity contribution in [3.63, 3.8) is 0 Å². The number of rotatable bonds is 4. The van der Waals surface area contributed by atoms with E-state index in [4.69, 9.17) is 9.47 Å². The summed E-state index contributed by atoms with van der Waals surface area (Å²) in [6.45, 7) is 6.09. The Kier molecular flexibility index (Phi) is 5.21. The second-order valence-corrected chi connectivity index (χ2v) is 5.40. The van der Waals surface area contributed by atoms with Gasteiger partial charge in [-0.05, 0) is 40.0 Å². The first-order valence-corrected chi connectivity index (χ1v) is 6.12. The predicted octanol–water partition coefficient (Wildman–Crippen LogP) is 1.44. The molecule has 2 atom stereocenters. The molecule has 1 saturated heterocycles.